The van der Waals surface area contributed by atoms with Crippen molar-refractivity contribution in [2.75, 3.05) is 20.3 Å². The van der Waals surface area contributed by atoms with Gasteiger partial charge in [0, 0.05) is 56.8 Å². The number of hydrogen-bond acceptors (Lipinski definition) is 4. The van der Waals surface area contributed by atoms with E-state index < -0.39 is 28.9 Å². The van der Waals surface area contributed by atoms with Crippen molar-refractivity contribution in [3.05, 3.63) is 77.1 Å². The second-order valence-electron chi connectivity index (χ2n) is 7.94. The topological polar surface area (TPSA) is 45.5 Å². The summed E-state index contributed by atoms with van der Waals surface area (Å²) in [6.07, 6.45) is -0.661. The Morgan fingerprint density at radius 2 is 1.82 bits per heavy atom. The highest BCUT2D eigenvalue weighted by Crippen LogP contribution is 2.43. The van der Waals surface area contributed by atoms with E-state index in [4.69, 9.17) is 14.2 Å². The van der Waals surface area contributed by atoms with E-state index in [0.717, 1.165) is 17.6 Å². The summed E-state index contributed by atoms with van der Waals surface area (Å²) < 4.78 is 74.5. The number of nitrogens with zero attached hydrogens (tertiary/aromatic N) is 2. The van der Waals surface area contributed by atoms with Crippen LogP contribution in [-0.2, 0) is 27.9 Å². The van der Waals surface area contributed by atoms with Gasteiger partial charge in [-0.15, -0.1) is 0 Å². The highest BCUT2D eigenvalue weighted by atomic mass is 19.4. The molecule has 9 heteroatoms. The van der Waals surface area contributed by atoms with Crippen LogP contribution in [0.1, 0.15) is 35.4 Å². The average Bonchev–Trinajstić information content (AvgIpc) is 3.24. The van der Waals surface area contributed by atoms with Crippen molar-refractivity contribution in [3.63, 3.8) is 0 Å². The zero-order valence-electron chi connectivity index (χ0n) is 18.3. The van der Waals surface area contributed by atoms with Crippen LogP contribution in [0.15, 0.2) is 48.8 Å². The van der Waals surface area contributed by atoms with Crippen LogP contribution >= 0.6 is 0 Å². The number of aryl methyl sites for hydroxylation is 1. The van der Waals surface area contributed by atoms with E-state index in [-0.39, 0.29) is 38.2 Å². The van der Waals surface area contributed by atoms with Gasteiger partial charge >= 0.3 is 6.18 Å². The minimum atomic E-state index is -4.66. The minimum absolute atomic E-state index is 0.0933. The zero-order chi connectivity index (χ0) is 23.6. The summed E-state index contributed by atoms with van der Waals surface area (Å²) in [6, 6.07) is 8.74. The second-order valence-corrected chi connectivity index (χ2v) is 7.94. The van der Waals surface area contributed by atoms with Crippen molar-refractivity contribution in [2.45, 2.75) is 38.1 Å². The Morgan fingerprint density at radius 1 is 1.12 bits per heavy atom. The van der Waals surface area contributed by atoms with Crippen LogP contribution in [0.25, 0.3) is 5.69 Å². The van der Waals surface area contributed by atoms with Gasteiger partial charge in [-0.05, 0) is 36.8 Å². The molecule has 0 N–H and O–H groups in total. The van der Waals surface area contributed by atoms with Gasteiger partial charge in [-0.2, -0.15) is 13.2 Å². The zero-order valence-corrected chi connectivity index (χ0v) is 18.3. The number of aromatic nitrogens is 2. The third-order valence-corrected chi connectivity index (χ3v) is 5.98. The van der Waals surface area contributed by atoms with E-state index in [2.05, 4.69) is 4.98 Å². The van der Waals surface area contributed by atoms with Crippen LogP contribution in [0.3, 0.4) is 0 Å². The fourth-order valence-corrected chi connectivity index (χ4v) is 4.05. The van der Waals surface area contributed by atoms with E-state index in [1.807, 2.05) is 29.8 Å². The van der Waals surface area contributed by atoms with Crippen molar-refractivity contribution in [2.24, 2.45) is 0 Å². The van der Waals surface area contributed by atoms with Crippen LogP contribution in [0.4, 0.5) is 17.6 Å². The third-order valence-electron chi connectivity index (χ3n) is 5.98. The maximum absolute atomic E-state index is 15.4. The molecule has 1 fully saturated rings. The number of benzene rings is 2. The highest BCUT2D eigenvalue weighted by molar-refractivity contribution is 5.42. The van der Waals surface area contributed by atoms with Gasteiger partial charge in [0.05, 0.1) is 5.56 Å². The average molecular weight is 464 g/mol. The van der Waals surface area contributed by atoms with Crippen LogP contribution in [0.5, 0.6) is 5.75 Å². The van der Waals surface area contributed by atoms with Gasteiger partial charge in [-0.3, -0.25) is 0 Å². The molecule has 1 aliphatic heterocycles. The Hall–Kier alpha value is -2.91. The van der Waals surface area contributed by atoms with Gasteiger partial charge in [0.15, 0.2) is 11.6 Å². The number of rotatable bonds is 6. The molecule has 0 bridgehead atoms. The standard InChI is InChI=1S/C24H24F4N2O3/c1-16-29-9-10-30(16)19-5-3-17(4-6-19)15-33-21-14-18(24(26,27)28)13-20(22(21)25)23(31-2)7-11-32-12-8-23/h3-6,9-10,13-14H,7-8,11-12,15H2,1-2H3. The molecule has 176 valence electrons. The number of imidazole rings is 1. The van der Waals surface area contributed by atoms with Crippen LogP contribution in [0.2, 0.25) is 0 Å². The molecule has 0 aliphatic carbocycles. The molecule has 0 unspecified atom stereocenters. The van der Waals surface area contributed by atoms with Crippen LogP contribution in [-0.4, -0.2) is 29.9 Å². The van der Waals surface area contributed by atoms with Crippen LogP contribution < -0.4 is 4.74 Å². The lowest BCUT2D eigenvalue weighted by molar-refractivity contribution is -0.138. The highest BCUT2D eigenvalue weighted by Gasteiger charge is 2.41. The normalized spacial score (nSPS) is 16.1. The molecule has 0 saturated carbocycles. The van der Waals surface area contributed by atoms with Gasteiger partial charge in [0.2, 0.25) is 0 Å². The summed E-state index contributed by atoms with van der Waals surface area (Å²) in [7, 11) is 1.37. The maximum atomic E-state index is 15.4. The van der Waals surface area contributed by atoms with Crippen molar-refractivity contribution in [1.82, 2.24) is 9.55 Å². The quantitative estimate of drug-likeness (QED) is 0.448. The first kappa shape index (κ1) is 23.3. The summed E-state index contributed by atoms with van der Waals surface area (Å²) in [5.41, 5.74) is -0.788. The van der Waals surface area contributed by atoms with Gasteiger partial charge in [0.1, 0.15) is 18.0 Å². The number of methoxy groups -OCH3 is 1. The van der Waals surface area contributed by atoms with E-state index in [1.54, 1.807) is 18.3 Å². The molecule has 5 nitrogen and oxygen atoms in total. The molecule has 1 aromatic heterocycles. The van der Waals surface area contributed by atoms with E-state index in [9.17, 15) is 13.2 Å². The molecule has 0 amide bonds. The lowest BCUT2D eigenvalue weighted by Gasteiger charge is -2.37. The van der Waals surface area contributed by atoms with Crippen molar-refractivity contribution in [1.29, 1.82) is 0 Å². The summed E-state index contributed by atoms with van der Waals surface area (Å²) >= 11 is 0. The monoisotopic (exact) mass is 464 g/mol. The molecule has 0 spiro atoms. The van der Waals surface area contributed by atoms with E-state index in [0.29, 0.717) is 11.6 Å². The molecular formula is C24H24F4N2O3. The lowest BCUT2D eigenvalue weighted by atomic mass is 9.84. The predicted octanol–water partition coefficient (Wildman–Crippen LogP) is 5.57. The van der Waals surface area contributed by atoms with Crippen molar-refractivity contribution >= 4 is 0 Å². The fourth-order valence-electron chi connectivity index (χ4n) is 4.05. The molecule has 33 heavy (non-hydrogen) atoms. The predicted molar refractivity (Wildman–Crippen MR) is 113 cm³/mol. The Bertz CT molecular complexity index is 1100. The van der Waals surface area contributed by atoms with Gasteiger partial charge in [-0.1, -0.05) is 12.1 Å². The molecule has 3 aromatic rings. The summed E-state index contributed by atoms with van der Waals surface area (Å²) in [5, 5.41) is 0. The van der Waals surface area contributed by atoms with Crippen LogP contribution in [0, 0.1) is 12.7 Å². The number of hydrogen-bond donors (Lipinski definition) is 0. The molecular weight excluding hydrogens is 440 g/mol. The van der Waals surface area contributed by atoms with E-state index >= 15 is 4.39 Å². The smallest absolute Gasteiger partial charge is 0.416 e. The SMILES string of the molecule is COC1(c2cc(C(F)(F)F)cc(OCc3ccc(-n4ccnc4C)cc3)c2F)CCOCC1. The lowest BCUT2D eigenvalue weighted by Crippen LogP contribution is -2.36. The molecule has 4 rings (SSSR count). The van der Waals surface area contributed by atoms with Gasteiger partial charge < -0.3 is 18.8 Å². The fraction of sp³-hybridized carbons (Fsp3) is 0.375. The second kappa shape index (κ2) is 9.15. The van der Waals surface area contributed by atoms with Crippen molar-refractivity contribution in [3.8, 4) is 11.4 Å². The largest absolute Gasteiger partial charge is 0.486 e. The summed E-state index contributed by atoms with van der Waals surface area (Å²) in [6.45, 7) is 2.31. The first-order chi connectivity index (χ1) is 15.7. The molecule has 1 saturated heterocycles. The van der Waals surface area contributed by atoms with E-state index in [1.165, 1.54) is 7.11 Å². The first-order valence-electron chi connectivity index (χ1n) is 10.5. The molecule has 1 aliphatic rings. The number of alkyl halides is 3. The molecule has 2 heterocycles. The Kier molecular flexibility index (Phi) is 6.45. The van der Waals surface area contributed by atoms with Gasteiger partial charge in [0.25, 0.3) is 0 Å². The Labute approximate surface area is 188 Å². The summed E-state index contributed by atoms with van der Waals surface area (Å²) in [5.74, 6) is -0.493. The molecule has 2 aromatic carbocycles. The Morgan fingerprint density at radius 3 is 2.39 bits per heavy atom. The third kappa shape index (κ3) is 4.74. The molecule has 0 radical (unpaired) electrons. The maximum Gasteiger partial charge on any atom is 0.416 e. The van der Waals surface area contributed by atoms with Gasteiger partial charge in [-0.25, -0.2) is 9.37 Å². The number of halogens is 4. The summed E-state index contributed by atoms with van der Waals surface area (Å²) in [4.78, 5) is 4.18. The minimum Gasteiger partial charge on any atom is -0.486 e. The van der Waals surface area contributed by atoms with Crippen molar-refractivity contribution < 1.29 is 31.8 Å². The first-order valence-corrected chi connectivity index (χ1v) is 10.5. The molecule has 0 atom stereocenters. The number of ether oxygens (including phenoxy) is 3. The Balaban J connectivity index is 1.62.